The minimum Gasteiger partial charge on any atom is -0.372 e. The van der Waals surface area contributed by atoms with Gasteiger partial charge in [0, 0.05) is 17.7 Å². The number of nitrogens with zero attached hydrogens (tertiary/aromatic N) is 1. The summed E-state index contributed by atoms with van der Waals surface area (Å²) in [5, 5.41) is 3.25. The van der Waals surface area contributed by atoms with Crippen LogP contribution in [0.4, 0.5) is 4.39 Å². The molecule has 0 atom stereocenters. The second kappa shape index (κ2) is 6.50. The Morgan fingerprint density at radius 3 is 2.81 bits per heavy atom. The maximum atomic E-state index is 13.5. The van der Waals surface area contributed by atoms with Crippen molar-refractivity contribution in [1.82, 2.24) is 5.32 Å². The summed E-state index contributed by atoms with van der Waals surface area (Å²) in [5.74, 6) is 0.710. The third-order valence-corrected chi connectivity index (χ3v) is 3.36. The van der Waals surface area contributed by atoms with Crippen molar-refractivity contribution < 1.29 is 9.13 Å². The third kappa shape index (κ3) is 3.47. The molecule has 0 bridgehead atoms. The minimum absolute atomic E-state index is 0.226. The van der Waals surface area contributed by atoms with Crippen LogP contribution in [0, 0.1) is 5.82 Å². The summed E-state index contributed by atoms with van der Waals surface area (Å²) < 4.78 is 19.1. The molecule has 0 spiro atoms. The maximum absolute atomic E-state index is 13.5. The molecule has 3 rings (SSSR count). The van der Waals surface area contributed by atoms with Crippen molar-refractivity contribution in [1.29, 1.82) is 0 Å². The van der Waals surface area contributed by atoms with Crippen LogP contribution in [0.15, 0.2) is 53.5 Å². The Kier molecular flexibility index (Phi) is 4.26. The Bertz CT molecular complexity index is 655. The zero-order valence-electron chi connectivity index (χ0n) is 11.7. The van der Waals surface area contributed by atoms with Gasteiger partial charge in [-0.15, -0.1) is 0 Å². The zero-order chi connectivity index (χ0) is 14.5. The van der Waals surface area contributed by atoms with E-state index in [1.54, 1.807) is 12.1 Å². The lowest BCUT2D eigenvalue weighted by Gasteiger charge is -2.08. The zero-order valence-corrected chi connectivity index (χ0v) is 11.7. The van der Waals surface area contributed by atoms with E-state index in [4.69, 9.17) is 4.74 Å². The first kappa shape index (κ1) is 13.8. The van der Waals surface area contributed by atoms with Crippen molar-refractivity contribution in [2.45, 2.75) is 13.2 Å². The number of hydrogen-bond acceptors (Lipinski definition) is 3. The van der Waals surface area contributed by atoms with E-state index in [-0.39, 0.29) is 12.4 Å². The molecule has 1 aliphatic rings. The van der Waals surface area contributed by atoms with Crippen LogP contribution in [-0.2, 0) is 18.0 Å². The van der Waals surface area contributed by atoms with Gasteiger partial charge in [0.1, 0.15) is 11.7 Å². The molecule has 1 N–H and O–H groups in total. The first-order valence-electron chi connectivity index (χ1n) is 7.02. The second-order valence-corrected chi connectivity index (χ2v) is 4.94. The van der Waals surface area contributed by atoms with Gasteiger partial charge in [0.15, 0.2) is 0 Å². The van der Waals surface area contributed by atoms with Gasteiger partial charge < -0.3 is 10.1 Å². The van der Waals surface area contributed by atoms with Crippen molar-refractivity contribution >= 4 is 5.84 Å². The average Bonchev–Trinajstić information content (AvgIpc) is 3.04. The number of amidine groups is 1. The van der Waals surface area contributed by atoms with Gasteiger partial charge in [-0.25, -0.2) is 4.39 Å². The van der Waals surface area contributed by atoms with E-state index in [9.17, 15) is 4.39 Å². The largest absolute Gasteiger partial charge is 0.372 e. The highest BCUT2D eigenvalue weighted by Crippen LogP contribution is 2.12. The van der Waals surface area contributed by atoms with E-state index in [1.807, 2.05) is 24.3 Å². The molecule has 0 unspecified atom stereocenters. The first-order chi connectivity index (χ1) is 10.3. The van der Waals surface area contributed by atoms with Crippen molar-refractivity contribution in [3.8, 4) is 0 Å². The summed E-state index contributed by atoms with van der Waals surface area (Å²) in [6.45, 7) is 2.44. The van der Waals surface area contributed by atoms with Crippen molar-refractivity contribution in [2.24, 2.45) is 4.99 Å². The van der Waals surface area contributed by atoms with E-state index < -0.39 is 0 Å². The van der Waals surface area contributed by atoms with Crippen LogP contribution in [0.2, 0.25) is 0 Å². The van der Waals surface area contributed by atoms with Gasteiger partial charge in [-0.3, -0.25) is 4.99 Å². The number of halogens is 1. The molecule has 0 aliphatic carbocycles. The summed E-state index contributed by atoms with van der Waals surface area (Å²) in [5.41, 5.74) is 2.70. The fourth-order valence-electron chi connectivity index (χ4n) is 2.29. The molecule has 3 nitrogen and oxygen atoms in total. The third-order valence-electron chi connectivity index (χ3n) is 3.36. The van der Waals surface area contributed by atoms with Gasteiger partial charge >= 0.3 is 0 Å². The Morgan fingerprint density at radius 2 is 2.00 bits per heavy atom. The number of rotatable bonds is 5. The Morgan fingerprint density at radius 1 is 1.10 bits per heavy atom. The molecule has 2 aromatic carbocycles. The lowest BCUT2D eigenvalue weighted by molar-refractivity contribution is 0.105. The summed E-state index contributed by atoms with van der Waals surface area (Å²) >= 11 is 0. The highest BCUT2D eigenvalue weighted by atomic mass is 19.1. The fraction of sp³-hybridized carbons (Fsp3) is 0.235. The van der Waals surface area contributed by atoms with Gasteiger partial charge in [0.05, 0.1) is 19.8 Å². The molecular weight excluding hydrogens is 267 g/mol. The van der Waals surface area contributed by atoms with Gasteiger partial charge in [-0.2, -0.15) is 0 Å². The molecule has 108 valence electrons. The van der Waals surface area contributed by atoms with Gasteiger partial charge in [0.25, 0.3) is 0 Å². The Hall–Kier alpha value is -2.20. The predicted octanol–water partition coefficient (Wildman–Crippen LogP) is 2.89. The van der Waals surface area contributed by atoms with Crippen LogP contribution in [0.5, 0.6) is 0 Å². The monoisotopic (exact) mass is 284 g/mol. The fourth-order valence-corrected chi connectivity index (χ4v) is 2.29. The molecule has 0 fully saturated rings. The van der Waals surface area contributed by atoms with Crippen LogP contribution in [0.3, 0.4) is 0 Å². The number of aliphatic imine (C=N–C) groups is 1. The van der Waals surface area contributed by atoms with Crippen molar-refractivity contribution in [3.05, 3.63) is 71.0 Å². The van der Waals surface area contributed by atoms with E-state index in [0.29, 0.717) is 12.2 Å². The normalized spacial score (nSPS) is 13.9. The Labute approximate surface area is 123 Å². The van der Waals surface area contributed by atoms with Crippen molar-refractivity contribution in [3.63, 3.8) is 0 Å². The van der Waals surface area contributed by atoms with Gasteiger partial charge in [0.2, 0.25) is 0 Å². The second-order valence-electron chi connectivity index (χ2n) is 4.94. The number of nitrogens with one attached hydrogen (secondary N) is 1. The predicted molar refractivity (Wildman–Crippen MR) is 80.7 cm³/mol. The van der Waals surface area contributed by atoms with Crippen molar-refractivity contribution in [2.75, 3.05) is 13.1 Å². The minimum atomic E-state index is -0.226. The highest BCUT2D eigenvalue weighted by Gasteiger charge is 2.08. The lowest BCUT2D eigenvalue weighted by Crippen LogP contribution is -2.19. The topological polar surface area (TPSA) is 33.6 Å². The molecule has 0 aromatic heterocycles. The molecule has 4 heteroatoms. The Balaban J connectivity index is 1.61. The summed E-state index contributed by atoms with van der Waals surface area (Å²) in [4.78, 5) is 4.40. The van der Waals surface area contributed by atoms with Crippen LogP contribution < -0.4 is 5.32 Å². The van der Waals surface area contributed by atoms with E-state index in [1.165, 1.54) is 6.07 Å². The van der Waals surface area contributed by atoms with Crippen LogP contribution in [0.1, 0.15) is 16.7 Å². The van der Waals surface area contributed by atoms with Crippen LogP contribution in [0.25, 0.3) is 0 Å². The van der Waals surface area contributed by atoms with E-state index in [0.717, 1.165) is 30.1 Å². The molecule has 0 saturated heterocycles. The van der Waals surface area contributed by atoms with E-state index in [2.05, 4.69) is 16.4 Å². The van der Waals surface area contributed by atoms with Gasteiger partial charge in [-0.1, -0.05) is 36.4 Å². The quantitative estimate of drug-likeness (QED) is 0.916. The molecule has 21 heavy (non-hydrogen) atoms. The molecule has 1 heterocycles. The smallest absolute Gasteiger partial charge is 0.128 e. The molecule has 0 amide bonds. The molecule has 1 aliphatic heterocycles. The summed E-state index contributed by atoms with van der Waals surface area (Å²) in [6.07, 6.45) is 0. The van der Waals surface area contributed by atoms with E-state index >= 15 is 0 Å². The number of benzene rings is 2. The molecule has 0 saturated carbocycles. The van der Waals surface area contributed by atoms with Crippen LogP contribution in [-0.4, -0.2) is 18.9 Å². The van der Waals surface area contributed by atoms with Crippen LogP contribution >= 0.6 is 0 Å². The molecular formula is C17H17FN2O. The summed E-state index contributed by atoms with van der Waals surface area (Å²) in [6, 6.07) is 14.7. The SMILES string of the molecule is Fc1ccccc1COCc1cccc(C2=NCCN2)c1. The highest BCUT2D eigenvalue weighted by molar-refractivity contribution is 5.99. The number of hydrogen-bond donors (Lipinski definition) is 1. The first-order valence-corrected chi connectivity index (χ1v) is 7.02. The summed E-state index contributed by atoms with van der Waals surface area (Å²) in [7, 11) is 0. The molecule has 2 aromatic rings. The lowest BCUT2D eigenvalue weighted by atomic mass is 10.1. The standard InChI is InChI=1S/C17H17FN2O/c18-16-7-2-1-5-15(16)12-21-11-13-4-3-6-14(10-13)17-19-8-9-20-17/h1-7,10H,8-9,11-12H2,(H,19,20). The average molecular weight is 284 g/mol. The maximum Gasteiger partial charge on any atom is 0.128 e. The molecule has 0 radical (unpaired) electrons. The number of ether oxygens (including phenoxy) is 1. The van der Waals surface area contributed by atoms with Gasteiger partial charge in [-0.05, 0) is 17.7 Å².